The first-order chi connectivity index (χ1) is 5.57. The van der Waals surface area contributed by atoms with Crippen molar-refractivity contribution in [3.05, 3.63) is 0 Å². The van der Waals surface area contributed by atoms with E-state index in [2.05, 4.69) is 0 Å². The predicted molar refractivity (Wildman–Crippen MR) is 39.2 cm³/mol. The van der Waals surface area contributed by atoms with Gasteiger partial charge in [-0.1, -0.05) is 0 Å². The fraction of sp³-hybridized carbons (Fsp3) is 1.00. The normalized spacial score (nSPS) is 44.8. The highest BCUT2D eigenvalue weighted by Gasteiger charge is 2.43. The van der Waals surface area contributed by atoms with Crippen LogP contribution in [0.25, 0.3) is 0 Å². The Labute approximate surface area is 69.9 Å². The molecule has 0 bridgehead atoms. The van der Waals surface area contributed by atoms with E-state index in [-0.39, 0.29) is 6.42 Å². The van der Waals surface area contributed by atoms with Crippen LogP contribution in [0.5, 0.6) is 0 Å². The molecule has 1 rings (SSSR count). The Morgan fingerprint density at radius 2 is 1.75 bits per heavy atom. The van der Waals surface area contributed by atoms with Crippen molar-refractivity contribution < 1.29 is 25.5 Å². The average molecular weight is 178 g/mol. The minimum absolute atomic E-state index is 0.115. The summed E-state index contributed by atoms with van der Waals surface area (Å²) in [6.07, 6.45) is -4.33. The van der Waals surface area contributed by atoms with Crippen LogP contribution in [-0.2, 0) is 0 Å². The molecule has 0 amide bonds. The maximum atomic E-state index is 9.25. The van der Waals surface area contributed by atoms with Crippen molar-refractivity contribution in [2.24, 2.45) is 5.92 Å². The summed E-state index contributed by atoms with van der Waals surface area (Å²) in [5.74, 6) is -0.639. The molecule has 0 saturated heterocycles. The second kappa shape index (κ2) is 3.68. The molecule has 0 aliphatic heterocycles. The van der Waals surface area contributed by atoms with Gasteiger partial charge in [-0.15, -0.1) is 0 Å². The van der Waals surface area contributed by atoms with Crippen molar-refractivity contribution in [1.29, 1.82) is 0 Å². The maximum absolute atomic E-state index is 9.25. The number of rotatable bonds is 2. The van der Waals surface area contributed by atoms with Gasteiger partial charge < -0.3 is 25.5 Å². The number of aliphatic hydroxyl groups excluding tert-OH is 5. The third-order valence-electron chi connectivity index (χ3n) is 2.38. The molecule has 0 aromatic rings. The Morgan fingerprint density at radius 1 is 1.17 bits per heavy atom. The van der Waals surface area contributed by atoms with E-state index in [1.165, 1.54) is 0 Å². The van der Waals surface area contributed by atoms with Crippen LogP contribution in [0.4, 0.5) is 0 Å². The van der Waals surface area contributed by atoms with E-state index in [1.54, 1.807) is 0 Å². The lowest BCUT2D eigenvalue weighted by Crippen LogP contribution is -2.35. The molecule has 0 unspecified atom stereocenters. The molecule has 0 radical (unpaired) electrons. The summed E-state index contributed by atoms with van der Waals surface area (Å²) in [4.78, 5) is 0. The van der Waals surface area contributed by atoms with Gasteiger partial charge in [-0.05, 0) is 6.42 Å². The van der Waals surface area contributed by atoms with Crippen LogP contribution in [0.3, 0.4) is 0 Å². The zero-order chi connectivity index (χ0) is 9.30. The Bertz CT molecular complexity index is 151. The van der Waals surface area contributed by atoms with Gasteiger partial charge in [-0.3, -0.25) is 0 Å². The quantitative estimate of drug-likeness (QED) is 0.320. The summed E-state index contributed by atoms with van der Waals surface area (Å²) in [5.41, 5.74) is 0. The molecule has 1 aliphatic rings. The standard InChI is InChI=1S/C7H14O5/c8-2-5(10)3-1-4(9)7(12)6(3)11/h3-12H,1-2H2/t3-,4-,5+,6-,7-/m0/s1. The summed E-state index contributed by atoms with van der Waals surface area (Å²) in [7, 11) is 0. The summed E-state index contributed by atoms with van der Waals surface area (Å²) in [6, 6.07) is 0. The Hall–Kier alpha value is -0.200. The lowest BCUT2D eigenvalue weighted by Gasteiger charge is -2.19. The SMILES string of the molecule is OC[C@@H](O)[C@@H]1C[C@H](O)[C@H](O)[C@H]1O. The molecule has 0 heterocycles. The molecule has 1 fully saturated rings. The van der Waals surface area contributed by atoms with Gasteiger partial charge in [0.05, 0.1) is 24.9 Å². The predicted octanol–water partition coefficient (Wildman–Crippen LogP) is -2.56. The first-order valence-corrected chi connectivity index (χ1v) is 3.91. The van der Waals surface area contributed by atoms with E-state index < -0.39 is 36.9 Å². The van der Waals surface area contributed by atoms with Crippen LogP contribution in [0.1, 0.15) is 6.42 Å². The van der Waals surface area contributed by atoms with Crippen molar-refractivity contribution in [3.63, 3.8) is 0 Å². The Kier molecular flexibility index (Phi) is 3.03. The largest absolute Gasteiger partial charge is 0.394 e. The molecule has 1 aliphatic carbocycles. The molecule has 5 nitrogen and oxygen atoms in total. The fourth-order valence-electron chi connectivity index (χ4n) is 1.56. The Morgan fingerprint density at radius 3 is 2.08 bits per heavy atom. The molecule has 1 saturated carbocycles. The molecular formula is C7H14O5. The van der Waals surface area contributed by atoms with E-state index in [1.807, 2.05) is 0 Å². The molecule has 5 atom stereocenters. The monoisotopic (exact) mass is 178 g/mol. The molecule has 12 heavy (non-hydrogen) atoms. The van der Waals surface area contributed by atoms with Crippen LogP contribution in [0.2, 0.25) is 0 Å². The molecule has 0 aromatic heterocycles. The van der Waals surface area contributed by atoms with E-state index in [9.17, 15) is 5.11 Å². The van der Waals surface area contributed by atoms with Gasteiger partial charge in [-0.2, -0.15) is 0 Å². The molecule has 0 spiro atoms. The smallest absolute Gasteiger partial charge is 0.106 e. The van der Waals surface area contributed by atoms with Gasteiger partial charge in [0, 0.05) is 5.92 Å². The fourth-order valence-corrected chi connectivity index (χ4v) is 1.56. The minimum Gasteiger partial charge on any atom is -0.394 e. The Balaban J connectivity index is 2.58. The van der Waals surface area contributed by atoms with Gasteiger partial charge in [0.1, 0.15) is 6.10 Å². The first kappa shape index (κ1) is 9.88. The van der Waals surface area contributed by atoms with E-state index in [0.717, 1.165) is 0 Å². The molecule has 0 aromatic carbocycles. The van der Waals surface area contributed by atoms with Crippen molar-refractivity contribution in [2.75, 3.05) is 6.61 Å². The second-order valence-electron chi connectivity index (χ2n) is 3.20. The van der Waals surface area contributed by atoms with Crippen molar-refractivity contribution in [1.82, 2.24) is 0 Å². The first-order valence-electron chi connectivity index (χ1n) is 3.91. The van der Waals surface area contributed by atoms with E-state index in [4.69, 9.17) is 20.4 Å². The molecular weight excluding hydrogens is 164 g/mol. The topological polar surface area (TPSA) is 101 Å². The van der Waals surface area contributed by atoms with Gasteiger partial charge in [-0.25, -0.2) is 0 Å². The number of hydrogen-bond donors (Lipinski definition) is 5. The highest BCUT2D eigenvalue weighted by molar-refractivity contribution is 4.93. The third-order valence-corrected chi connectivity index (χ3v) is 2.38. The van der Waals surface area contributed by atoms with E-state index >= 15 is 0 Å². The summed E-state index contributed by atoms with van der Waals surface area (Å²) < 4.78 is 0. The summed E-state index contributed by atoms with van der Waals surface area (Å²) in [5, 5.41) is 45.1. The van der Waals surface area contributed by atoms with Gasteiger partial charge in [0.25, 0.3) is 0 Å². The minimum atomic E-state index is -1.21. The van der Waals surface area contributed by atoms with Gasteiger partial charge in [0.15, 0.2) is 0 Å². The molecule has 5 heteroatoms. The van der Waals surface area contributed by atoms with E-state index in [0.29, 0.717) is 0 Å². The maximum Gasteiger partial charge on any atom is 0.106 e. The number of hydrogen-bond acceptors (Lipinski definition) is 5. The second-order valence-corrected chi connectivity index (χ2v) is 3.20. The lowest BCUT2D eigenvalue weighted by molar-refractivity contribution is -0.0496. The van der Waals surface area contributed by atoms with Crippen LogP contribution in [0.15, 0.2) is 0 Å². The van der Waals surface area contributed by atoms with Gasteiger partial charge in [0.2, 0.25) is 0 Å². The number of aliphatic hydroxyl groups is 5. The highest BCUT2D eigenvalue weighted by Crippen LogP contribution is 2.29. The third kappa shape index (κ3) is 1.60. The highest BCUT2D eigenvalue weighted by atomic mass is 16.4. The van der Waals surface area contributed by atoms with Crippen molar-refractivity contribution in [3.8, 4) is 0 Å². The van der Waals surface area contributed by atoms with Crippen molar-refractivity contribution in [2.45, 2.75) is 30.8 Å². The molecule has 72 valence electrons. The van der Waals surface area contributed by atoms with Crippen LogP contribution in [0, 0.1) is 5.92 Å². The van der Waals surface area contributed by atoms with Crippen LogP contribution >= 0.6 is 0 Å². The van der Waals surface area contributed by atoms with Crippen LogP contribution in [-0.4, -0.2) is 56.6 Å². The summed E-state index contributed by atoms with van der Waals surface area (Å²) >= 11 is 0. The average Bonchev–Trinajstić information content (AvgIpc) is 2.32. The summed E-state index contributed by atoms with van der Waals surface area (Å²) in [6.45, 7) is -0.471. The zero-order valence-electron chi connectivity index (χ0n) is 6.54. The van der Waals surface area contributed by atoms with Gasteiger partial charge >= 0.3 is 0 Å². The van der Waals surface area contributed by atoms with Crippen LogP contribution < -0.4 is 0 Å². The zero-order valence-corrected chi connectivity index (χ0v) is 6.54. The lowest BCUT2D eigenvalue weighted by atomic mass is 9.99. The van der Waals surface area contributed by atoms with Crippen molar-refractivity contribution >= 4 is 0 Å². The molecule has 5 N–H and O–H groups in total.